The van der Waals surface area contributed by atoms with Gasteiger partial charge in [0.2, 0.25) is 6.17 Å². The zero-order chi connectivity index (χ0) is 24.4. The molecule has 3 aliphatic heterocycles. The largest absolute Gasteiger partial charge is 0.321 e. The summed E-state index contributed by atoms with van der Waals surface area (Å²) in [7, 11) is 0. The second-order valence-electron chi connectivity index (χ2n) is 9.71. The summed E-state index contributed by atoms with van der Waals surface area (Å²) >= 11 is 0. The molecule has 0 saturated carbocycles. The van der Waals surface area contributed by atoms with Crippen LogP contribution in [0.3, 0.4) is 0 Å². The summed E-state index contributed by atoms with van der Waals surface area (Å²) in [6.45, 7) is 0. The van der Waals surface area contributed by atoms with E-state index in [1.165, 1.54) is 39.7 Å². The Morgan fingerprint density at radius 3 is 1.68 bits per heavy atom. The maximum atomic E-state index is 2.54. The number of hydrogen-bond acceptors (Lipinski definition) is 3. The molecule has 0 aliphatic carbocycles. The quantitative estimate of drug-likeness (QED) is 0.252. The van der Waals surface area contributed by atoms with Crippen LogP contribution in [-0.4, -0.2) is 17.1 Å². The van der Waals surface area contributed by atoms with Crippen molar-refractivity contribution in [2.75, 3.05) is 14.7 Å². The van der Waals surface area contributed by atoms with E-state index in [4.69, 9.17) is 0 Å². The first-order chi connectivity index (χ1) is 18.4. The smallest absolute Gasteiger partial charge is 0.310 e. The van der Waals surface area contributed by atoms with Crippen molar-refractivity contribution in [3.05, 3.63) is 145 Å². The van der Waals surface area contributed by atoms with Gasteiger partial charge in [-0.15, -0.1) is 0 Å². The van der Waals surface area contributed by atoms with E-state index in [0.29, 0.717) is 0 Å². The third-order valence-corrected chi connectivity index (χ3v) is 7.88. The lowest BCUT2D eigenvalue weighted by molar-refractivity contribution is -0.568. The Kier molecular flexibility index (Phi) is 4.17. The van der Waals surface area contributed by atoms with Crippen LogP contribution in [0.15, 0.2) is 140 Å². The molecule has 0 N–H and O–H groups in total. The van der Waals surface area contributed by atoms with Gasteiger partial charge in [-0.2, -0.15) is 9.48 Å². The minimum absolute atomic E-state index is 0.0323. The van der Waals surface area contributed by atoms with E-state index in [2.05, 4.69) is 165 Å². The van der Waals surface area contributed by atoms with Gasteiger partial charge < -0.3 is 9.80 Å². The van der Waals surface area contributed by atoms with Crippen molar-refractivity contribution in [3.63, 3.8) is 0 Å². The van der Waals surface area contributed by atoms with Gasteiger partial charge >= 0.3 is 5.66 Å². The molecule has 2 atom stereocenters. The van der Waals surface area contributed by atoms with Gasteiger partial charge in [0.15, 0.2) is 0 Å². The highest BCUT2D eigenvalue weighted by Crippen LogP contribution is 2.63. The maximum Gasteiger partial charge on any atom is 0.321 e. The molecule has 176 valence electrons. The third kappa shape index (κ3) is 2.59. The van der Waals surface area contributed by atoms with Gasteiger partial charge in [-0.1, -0.05) is 78.9 Å². The summed E-state index contributed by atoms with van der Waals surface area (Å²) in [5.74, 6) is 0. The van der Waals surface area contributed by atoms with Crippen LogP contribution < -0.4 is 14.7 Å². The van der Waals surface area contributed by atoms with Crippen molar-refractivity contribution in [2.24, 2.45) is 0 Å². The predicted molar refractivity (Wildman–Crippen MR) is 150 cm³/mol. The number of nitrogens with zero attached hydrogens (tertiary/aromatic N) is 4. The molecule has 37 heavy (non-hydrogen) atoms. The molecule has 3 aliphatic rings. The van der Waals surface area contributed by atoms with E-state index in [1.807, 2.05) is 0 Å². The summed E-state index contributed by atoms with van der Waals surface area (Å²) in [5, 5.41) is 0. The molecule has 0 radical (unpaired) electrons. The Morgan fingerprint density at radius 1 is 0.486 bits per heavy atom. The topological polar surface area (TPSA) is 12.7 Å². The number of benzene rings is 5. The Hall–Kier alpha value is -4.83. The van der Waals surface area contributed by atoms with Crippen LogP contribution in [0.5, 0.6) is 0 Å². The fourth-order valence-corrected chi connectivity index (χ4v) is 6.44. The standard InChI is InChI=1S/C33H25N4/c1-4-14-25(15-5-1)34-24-35(26-16-6-2-7-17-26)33(34)28-20-10-11-21-29(28)37-31-23-13-12-22-30(31)36(32(33)37)27-18-8-3-9-19-27/h1-24,32H/q+1. The van der Waals surface area contributed by atoms with Gasteiger partial charge in [0.1, 0.15) is 11.4 Å². The molecule has 0 bridgehead atoms. The summed E-state index contributed by atoms with van der Waals surface area (Å²) in [6, 6.07) is 50.0. The normalized spacial score (nSPS) is 20.8. The zero-order valence-corrected chi connectivity index (χ0v) is 20.2. The van der Waals surface area contributed by atoms with E-state index >= 15 is 0 Å². The van der Waals surface area contributed by atoms with Crippen LogP contribution in [0, 0.1) is 0 Å². The van der Waals surface area contributed by atoms with Crippen molar-refractivity contribution < 1.29 is 4.58 Å². The molecule has 3 heterocycles. The minimum Gasteiger partial charge on any atom is -0.310 e. The predicted octanol–water partition coefficient (Wildman–Crippen LogP) is 7.36. The Morgan fingerprint density at radius 2 is 1.00 bits per heavy atom. The van der Waals surface area contributed by atoms with Crippen LogP contribution in [-0.2, 0) is 5.66 Å². The molecule has 4 nitrogen and oxygen atoms in total. The molecule has 2 unspecified atom stereocenters. The fraction of sp³-hybridized carbons (Fsp3) is 0.0606. The molecular formula is C33H25N4+. The molecule has 1 spiro atoms. The van der Waals surface area contributed by atoms with Gasteiger partial charge in [0.05, 0.1) is 22.6 Å². The van der Waals surface area contributed by atoms with E-state index < -0.39 is 5.66 Å². The first-order valence-electron chi connectivity index (χ1n) is 12.7. The molecule has 0 fully saturated rings. The lowest BCUT2D eigenvalue weighted by atomic mass is 9.90. The average Bonchev–Trinajstić information content (AvgIpc) is 3.46. The minimum atomic E-state index is -0.492. The lowest BCUT2D eigenvalue weighted by Crippen LogP contribution is -2.71. The van der Waals surface area contributed by atoms with Crippen LogP contribution >= 0.6 is 0 Å². The van der Waals surface area contributed by atoms with Gasteiger partial charge in [-0.3, -0.25) is 0 Å². The molecule has 0 aromatic heterocycles. The van der Waals surface area contributed by atoms with Crippen molar-refractivity contribution >= 4 is 40.5 Å². The van der Waals surface area contributed by atoms with E-state index in [0.717, 1.165) is 0 Å². The van der Waals surface area contributed by atoms with Crippen molar-refractivity contribution in [1.29, 1.82) is 0 Å². The van der Waals surface area contributed by atoms with Crippen LogP contribution in [0.4, 0.5) is 34.1 Å². The molecule has 5 aromatic rings. The molecule has 0 saturated heterocycles. The van der Waals surface area contributed by atoms with Crippen molar-refractivity contribution in [2.45, 2.75) is 11.8 Å². The number of anilines is 5. The maximum absolute atomic E-state index is 2.54. The molecule has 0 amide bonds. The highest BCUT2D eigenvalue weighted by atomic mass is 15.6. The van der Waals surface area contributed by atoms with Crippen LogP contribution in [0.1, 0.15) is 5.56 Å². The van der Waals surface area contributed by atoms with Gasteiger partial charge in [-0.25, -0.2) is 0 Å². The third-order valence-electron chi connectivity index (χ3n) is 7.88. The fourth-order valence-electron chi connectivity index (χ4n) is 6.44. The number of fused-ring (bicyclic) bond motifs is 7. The Labute approximate surface area is 216 Å². The SMILES string of the molecule is C1=[N+](c2ccccc2)C2(c3ccccc3N3c4ccccc4N(c4ccccc4)C32)N1c1ccccc1. The zero-order valence-electron chi connectivity index (χ0n) is 20.2. The lowest BCUT2D eigenvalue weighted by Gasteiger charge is -2.47. The Balaban J connectivity index is 1.47. The van der Waals surface area contributed by atoms with Gasteiger partial charge in [0.25, 0.3) is 6.34 Å². The first kappa shape index (κ1) is 20.4. The number of para-hydroxylation sites is 6. The summed E-state index contributed by atoms with van der Waals surface area (Å²) in [4.78, 5) is 7.52. The second kappa shape index (κ2) is 7.58. The highest BCUT2D eigenvalue weighted by molar-refractivity contribution is 5.96. The monoisotopic (exact) mass is 477 g/mol. The number of hydrogen-bond donors (Lipinski definition) is 0. The van der Waals surface area contributed by atoms with E-state index in [1.54, 1.807) is 0 Å². The summed E-state index contributed by atoms with van der Waals surface area (Å²) in [5.41, 5.74) is 8.04. The molecule has 8 rings (SSSR count). The first-order valence-corrected chi connectivity index (χ1v) is 12.7. The number of rotatable bonds is 3. The molecule has 4 heteroatoms. The van der Waals surface area contributed by atoms with Crippen molar-refractivity contribution in [3.8, 4) is 0 Å². The van der Waals surface area contributed by atoms with E-state index in [-0.39, 0.29) is 6.17 Å². The van der Waals surface area contributed by atoms with Gasteiger partial charge in [-0.05, 0) is 60.7 Å². The summed E-state index contributed by atoms with van der Waals surface area (Å²) in [6.07, 6.45) is 2.23. The van der Waals surface area contributed by atoms with Crippen LogP contribution in [0.2, 0.25) is 0 Å². The van der Waals surface area contributed by atoms with Crippen molar-refractivity contribution in [1.82, 2.24) is 0 Å². The second-order valence-corrected chi connectivity index (χ2v) is 9.71. The van der Waals surface area contributed by atoms with Gasteiger partial charge in [0, 0.05) is 5.69 Å². The molecular weight excluding hydrogens is 452 g/mol. The average molecular weight is 478 g/mol. The van der Waals surface area contributed by atoms with E-state index in [9.17, 15) is 0 Å². The van der Waals surface area contributed by atoms with Crippen LogP contribution in [0.25, 0.3) is 0 Å². The molecule has 5 aromatic carbocycles. The highest BCUT2D eigenvalue weighted by Gasteiger charge is 2.73. The Bertz CT molecular complexity index is 1630. The summed E-state index contributed by atoms with van der Waals surface area (Å²) < 4.78 is 2.46.